The van der Waals surface area contributed by atoms with Gasteiger partial charge in [0.25, 0.3) is 0 Å². The number of hydrogen-bond acceptors (Lipinski definition) is 3. The van der Waals surface area contributed by atoms with Crippen molar-refractivity contribution in [2.75, 3.05) is 6.54 Å². The SMILES string of the molecule is CC(C)NCc1ccc(S(=O)(=O)NCC2CC2C)cc1. The third-order valence-corrected chi connectivity index (χ3v) is 5.20. The van der Waals surface area contributed by atoms with Crippen molar-refractivity contribution in [3.05, 3.63) is 29.8 Å². The highest BCUT2D eigenvalue weighted by molar-refractivity contribution is 7.89. The highest BCUT2D eigenvalue weighted by atomic mass is 32.2. The van der Waals surface area contributed by atoms with E-state index in [0.29, 0.717) is 29.3 Å². The molecule has 1 aromatic carbocycles. The summed E-state index contributed by atoms with van der Waals surface area (Å²) in [5, 5.41) is 3.31. The molecule has 1 saturated carbocycles. The van der Waals surface area contributed by atoms with E-state index in [1.165, 1.54) is 0 Å². The number of nitrogens with one attached hydrogen (secondary N) is 2. The predicted molar refractivity (Wildman–Crippen MR) is 80.9 cm³/mol. The maximum atomic E-state index is 12.1. The van der Waals surface area contributed by atoms with Crippen LogP contribution in [0.5, 0.6) is 0 Å². The van der Waals surface area contributed by atoms with Crippen molar-refractivity contribution in [1.29, 1.82) is 0 Å². The van der Waals surface area contributed by atoms with Gasteiger partial charge in [0, 0.05) is 19.1 Å². The topological polar surface area (TPSA) is 58.2 Å². The molecule has 1 aromatic rings. The molecule has 0 saturated heterocycles. The lowest BCUT2D eigenvalue weighted by molar-refractivity contribution is 0.574. The Balaban J connectivity index is 1.93. The van der Waals surface area contributed by atoms with E-state index in [1.807, 2.05) is 12.1 Å². The molecular weight excluding hydrogens is 272 g/mol. The van der Waals surface area contributed by atoms with Gasteiger partial charge in [0.15, 0.2) is 0 Å². The van der Waals surface area contributed by atoms with E-state index in [4.69, 9.17) is 0 Å². The van der Waals surface area contributed by atoms with Gasteiger partial charge in [0.1, 0.15) is 0 Å². The molecule has 20 heavy (non-hydrogen) atoms. The lowest BCUT2D eigenvalue weighted by atomic mass is 10.2. The first-order valence-corrected chi connectivity index (χ1v) is 8.69. The Labute approximate surface area is 122 Å². The Morgan fingerprint density at radius 2 is 1.85 bits per heavy atom. The first kappa shape index (κ1) is 15.5. The first-order valence-electron chi connectivity index (χ1n) is 7.20. The zero-order valence-corrected chi connectivity index (χ0v) is 13.2. The van der Waals surface area contributed by atoms with Crippen LogP contribution in [-0.2, 0) is 16.6 Å². The van der Waals surface area contributed by atoms with Crippen LogP contribution in [0, 0.1) is 11.8 Å². The third-order valence-electron chi connectivity index (χ3n) is 3.76. The van der Waals surface area contributed by atoms with Crippen molar-refractivity contribution in [3.8, 4) is 0 Å². The molecule has 2 unspecified atom stereocenters. The zero-order chi connectivity index (χ0) is 14.8. The van der Waals surface area contributed by atoms with Gasteiger partial charge in [-0.15, -0.1) is 0 Å². The fraction of sp³-hybridized carbons (Fsp3) is 0.600. The van der Waals surface area contributed by atoms with Crippen LogP contribution in [-0.4, -0.2) is 21.0 Å². The quantitative estimate of drug-likeness (QED) is 0.810. The molecular formula is C15H24N2O2S. The first-order chi connectivity index (χ1) is 9.38. The minimum absolute atomic E-state index is 0.346. The molecule has 2 N–H and O–H groups in total. The third kappa shape index (κ3) is 4.30. The second-order valence-electron chi connectivity index (χ2n) is 6.00. The van der Waals surface area contributed by atoms with Gasteiger partial charge in [-0.25, -0.2) is 13.1 Å². The van der Waals surface area contributed by atoms with Gasteiger partial charge in [0.2, 0.25) is 10.0 Å². The lowest BCUT2D eigenvalue weighted by Gasteiger charge is -2.09. The van der Waals surface area contributed by atoms with Crippen molar-refractivity contribution < 1.29 is 8.42 Å². The summed E-state index contributed by atoms with van der Waals surface area (Å²) in [5.74, 6) is 1.17. The van der Waals surface area contributed by atoms with Crippen molar-refractivity contribution in [3.63, 3.8) is 0 Å². The number of hydrogen-bond donors (Lipinski definition) is 2. The van der Waals surface area contributed by atoms with Crippen molar-refractivity contribution >= 4 is 10.0 Å². The van der Waals surface area contributed by atoms with Crippen LogP contribution in [0.1, 0.15) is 32.8 Å². The van der Waals surface area contributed by atoms with Crippen LogP contribution in [0.3, 0.4) is 0 Å². The molecule has 1 aliphatic rings. The van der Waals surface area contributed by atoms with Gasteiger partial charge in [-0.1, -0.05) is 32.9 Å². The Hall–Kier alpha value is -0.910. The van der Waals surface area contributed by atoms with E-state index < -0.39 is 10.0 Å². The standard InChI is InChI=1S/C15H24N2O2S/c1-11(2)16-9-13-4-6-15(7-5-13)20(18,19)17-10-14-8-12(14)3/h4-7,11-12,14,16-17H,8-10H2,1-3H3. The molecule has 2 rings (SSSR count). The molecule has 1 aliphatic carbocycles. The molecule has 2 atom stereocenters. The molecule has 1 fully saturated rings. The lowest BCUT2D eigenvalue weighted by Crippen LogP contribution is -2.26. The van der Waals surface area contributed by atoms with Crippen LogP contribution in [0.4, 0.5) is 0 Å². The molecule has 0 spiro atoms. The van der Waals surface area contributed by atoms with E-state index in [-0.39, 0.29) is 0 Å². The van der Waals surface area contributed by atoms with Gasteiger partial charge < -0.3 is 5.32 Å². The van der Waals surface area contributed by atoms with E-state index >= 15 is 0 Å². The summed E-state index contributed by atoms with van der Waals surface area (Å²) < 4.78 is 26.9. The zero-order valence-electron chi connectivity index (χ0n) is 12.4. The van der Waals surface area contributed by atoms with Gasteiger partial charge in [-0.2, -0.15) is 0 Å². The summed E-state index contributed by atoms with van der Waals surface area (Å²) in [5.41, 5.74) is 1.09. The molecule has 5 heteroatoms. The second-order valence-corrected chi connectivity index (χ2v) is 7.77. The monoisotopic (exact) mass is 296 g/mol. The molecule has 0 radical (unpaired) electrons. The Kier molecular flexibility index (Phi) is 4.83. The summed E-state index contributed by atoms with van der Waals surface area (Å²) >= 11 is 0. The smallest absolute Gasteiger partial charge is 0.240 e. The molecule has 0 bridgehead atoms. The molecule has 0 amide bonds. The molecule has 4 nitrogen and oxygen atoms in total. The van der Waals surface area contributed by atoms with Gasteiger partial charge in [-0.3, -0.25) is 0 Å². The van der Waals surface area contributed by atoms with Crippen LogP contribution < -0.4 is 10.0 Å². The summed E-state index contributed by atoms with van der Waals surface area (Å²) in [6.45, 7) is 7.63. The van der Waals surface area contributed by atoms with Gasteiger partial charge in [-0.05, 0) is 36.0 Å². The fourth-order valence-corrected chi connectivity index (χ4v) is 3.19. The average Bonchev–Trinajstić information content (AvgIpc) is 3.11. The van der Waals surface area contributed by atoms with Crippen LogP contribution in [0.15, 0.2) is 29.2 Å². The van der Waals surface area contributed by atoms with Gasteiger partial charge in [0.05, 0.1) is 4.90 Å². The van der Waals surface area contributed by atoms with Crippen molar-refractivity contribution in [2.24, 2.45) is 11.8 Å². The maximum absolute atomic E-state index is 12.1. The Morgan fingerprint density at radius 3 is 2.35 bits per heavy atom. The summed E-state index contributed by atoms with van der Waals surface area (Å²) in [6.07, 6.45) is 1.13. The van der Waals surface area contributed by atoms with Crippen LogP contribution in [0.25, 0.3) is 0 Å². The van der Waals surface area contributed by atoms with Gasteiger partial charge >= 0.3 is 0 Å². The Morgan fingerprint density at radius 1 is 1.25 bits per heavy atom. The molecule has 112 valence electrons. The normalized spacial score (nSPS) is 22.2. The predicted octanol–water partition coefficient (Wildman–Crippen LogP) is 2.12. The van der Waals surface area contributed by atoms with Crippen molar-refractivity contribution in [2.45, 2.75) is 44.7 Å². The van der Waals surface area contributed by atoms with E-state index in [0.717, 1.165) is 18.5 Å². The number of sulfonamides is 1. The van der Waals surface area contributed by atoms with Crippen LogP contribution >= 0.6 is 0 Å². The minimum atomic E-state index is -3.36. The second kappa shape index (κ2) is 6.24. The summed E-state index contributed by atoms with van der Waals surface area (Å²) in [6, 6.07) is 7.50. The van der Waals surface area contributed by atoms with E-state index in [1.54, 1.807) is 12.1 Å². The van der Waals surface area contributed by atoms with E-state index in [2.05, 4.69) is 30.8 Å². The van der Waals surface area contributed by atoms with E-state index in [9.17, 15) is 8.42 Å². The average molecular weight is 296 g/mol. The molecule has 0 aliphatic heterocycles. The largest absolute Gasteiger partial charge is 0.310 e. The molecule has 0 heterocycles. The molecule has 0 aromatic heterocycles. The Bertz CT molecular complexity index is 537. The van der Waals surface area contributed by atoms with Crippen molar-refractivity contribution in [1.82, 2.24) is 10.0 Å². The summed E-state index contributed by atoms with van der Waals surface area (Å²) in [7, 11) is -3.36. The summed E-state index contributed by atoms with van der Waals surface area (Å²) in [4.78, 5) is 0.346. The minimum Gasteiger partial charge on any atom is -0.310 e. The fourth-order valence-electron chi connectivity index (χ4n) is 2.09. The number of benzene rings is 1. The maximum Gasteiger partial charge on any atom is 0.240 e. The highest BCUT2D eigenvalue weighted by Crippen LogP contribution is 2.37. The number of rotatable bonds is 7. The highest BCUT2D eigenvalue weighted by Gasteiger charge is 2.33. The van der Waals surface area contributed by atoms with Crippen LogP contribution in [0.2, 0.25) is 0 Å².